The molecule has 0 saturated carbocycles. The molecule has 3 aliphatic heterocycles. The van der Waals surface area contributed by atoms with Gasteiger partial charge in [-0.2, -0.15) is 0 Å². The molecule has 27 heavy (non-hydrogen) atoms. The number of piperazine rings is 1. The number of hydrogen-bond acceptors (Lipinski definition) is 4. The summed E-state index contributed by atoms with van der Waals surface area (Å²) < 4.78 is 0. The molecule has 4 rings (SSSR count). The van der Waals surface area contributed by atoms with Gasteiger partial charge in [0.2, 0.25) is 5.91 Å². The summed E-state index contributed by atoms with van der Waals surface area (Å²) in [6.07, 6.45) is 4.97. The summed E-state index contributed by atoms with van der Waals surface area (Å²) in [5, 5.41) is 3.47. The number of hydrogen-bond donors (Lipinski definition) is 1. The first-order valence-electron chi connectivity index (χ1n) is 10.7. The van der Waals surface area contributed by atoms with Crippen LogP contribution in [0.1, 0.15) is 31.2 Å². The normalized spacial score (nSPS) is 23.6. The van der Waals surface area contributed by atoms with Crippen molar-refractivity contribution in [2.45, 2.75) is 32.6 Å². The van der Waals surface area contributed by atoms with Crippen LogP contribution in [0, 0.1) is 12.3 Å². The highest BCUT2D eigenvalue weighted by atomic mass is 16.2. The second kappa shape index (κ2) is 8.19. The lowest BCUT2D eigenvalue weighted by Gasteiger charge is -2.45. The molecule has 1 N–H and O–H groups in total. The SMILES string of the molecule is Cc1cccc(N2CCN(CC(=O)N3CCC4(CCNCC4)CC3)CC2)c1. The third kappa shape index (κ3) is 4.46. The van der Waals surface area contributed by atoms with E-state index in [1.165, 1.54) is 36.9 Å². The van der Waals surface area contributed by atoms with Gasteiger partial charge in [-0.3, -0.25) is 9.69 Å². The molecule has 1 aromatic rings. The molecule has 148 valence electrons. The Morgan fingerprint density at radius 1 is 1.00 bits per heavy atom. The number of piperidine rings is 2. The van der Waals surface area contributed by atoms with Gasteiger partial charge in [0.1, 0.15) is 0 Å². The summed E-state index contributed by atoms with van der Waals surface area (Å²) in [6.45, 7) is 10.9. The van der Waals surface area contributed by atoms with Gasteiger partial charge in [0.05, 0.1) is 6.54 Å². The Hall–Kier alpha value is -1.59. The average molecular weight is 371 g/mol. The first-order chi connectivity index (χ1) is 13.1. The predicted molar refractivity (Wildman–Crippen MR) is 110 cm³/mol. The summed E-state index contributed by atoms with van der Waals surface area (Å²) in [4.78, 5) is 19.7. The summed E-state index contributed by atoms with van der Waals surface area (Å²) in [5.41, 5.74) is 3.13. The van der Waals surface area contributed by atoms with E-state index in [1.54, 1.807) is 0 Å². The lowest BCUT2D eigenvalue weighted by molar-refractivity contribution is -0.135. The molecule has 3 fully saturated rings. The molecule has 5 nitrogen and oxygen atoms in total. The molecule has 5 heteroatoms. The van der Waals surface area contributed by atoms with E-state index in [-0.39, 0.29) is 0 Å². The van der Waals surface area contributed by atoms with Crippen LogP contribution in [0.25, 0.3) is 0 Å². The van der Waals surface area contributed by atoms with Crippen molar-refractivity contribution in [3.05, 3.63) is 29.8 Å². The molecule has 0 radical (unpaired) electrons. The van der Waals surface area contributed by atoms with E-state index in [0.717, 1.165) is 52.4 Å². The Kier molecular flexibility index (Phi) is 5.69. The zero-order valence-electron chi connectivity index (χ0n) is 16.8. The fourth-order valence-electron chi connectivity index (χ4n) is 4.97. The number of nitrogens with zero attached hydrogens (tertiary/aromatic N) is 3. The van der Waals surface area contributed by atoms with E-state index in [4.69, 9.17) is 0 Å². The molecule has 0 bridgehead atoms. The zero-order valence-corrected chi connectivity index (χ0v) is 16.8. The minimum absolute atomic E-state index is 0.336. The van der Waals surface area contributed by atoms with E-state index in [9.17, 15) is 4.79 Å². The standard InChI is InChI=1S/C22H34N4O/c1-19-3-2-4-20(17-19)25-15-13-24(14-16-25)18-21(27)26-11-7-22(8-12-26)5-9-23-10-6-22/h2-4,17,23H,5-16,18H2,1H3. The van der Waals surface area contributed by atoms with Crippen LogP contribution < -0.4 is 10.2 Å². The fourth-order valence-corrected chi connectivity index (χ4v) is 4.97. The highest BCUT2D eigenvalue weighted by Gasteiger charge is 2.36. The topological polar surface area (TPSA) is 38.8 Å². The molecule has 3 heterocycles. The van der Waals surface area contributed by atoms with Crippen LogP contribution in [0.4, 0.5) is 5.69 Å². The first kappa shape index (κ1) is 18.8. The summed E-state index contributed by atoms with van der Waals surface area (Å²) in [6, 6.07) is 8.72. The van der Waals surface area contributed by atoms with E-state index < -0.39 is 0 Å². The van der Waals surface area contributed by atoms with Crippen molar-refractivity contribution in [3.8, 4) is 0 Å². The number of benzene rings is 1. The Bertz CT molecular complexity index is 637. The van der Waals surface area contributed by atoms with Crippen LogP contribution in [0.5, 0.6) is 0 Å². The number of nitrogens with one attached hydrogen (secondary N) is 1. The van der Waals surface area contributed by atoms with Crippen molar-refractivity contribution in [2.24, 2.45) is 5.41 Å². The van der Waals surface area contributed by atoms with Gasteiger partial charge < -0.3 is 15.1 Å². The Labute approximate surface area is 163 Å². The van der Waals surface area contributed by atoms with Crippen molar-refractivity contribution in [2.75, 3.05) is 63.8 Å². The minimum Gasteiger partial charge on any atom is -0.369 e. The number of anilines is 1. The summed E-state index contributed by atoms with van der Waals surface area (Å²) in [5.74, 6) is 0.336. The Balaban J connectivity index is 1.23. The van der Waals surface area contributed by atoms with Gasteiger partial charge in [-0.25, -0.2) is 0 Å². The zero-order chi connectivity index (χ0) is 18.7. The maximum atomic E-state index is 12.8. The van der Waals surface area contributed by atoms with Crippen molar-refractivity contribution in [1.29, 1.82) is 0 Å². The summed E-state index contributed by atoms with van der Waals surface area (Å²) in [7, 11) is 0. The van der Waals surface area contributed by atoms with Crippen LogP contribution in [-0.4, -0.2) is 74.6 Å². The molecule has 0 atom stereocenters. The number of carbonyl (C=O) groups excluding carboxylic acids is 1. The van der Waals surface area contributed by atoms with Crippen LogP contribution in [0.3, 0.4) is 0 Å². The predicted octanol–water partition coefficient (Wildman–Crippen LogP) is 2.11. The minimum atomic E-state index is 0.336. The van der Waals surface area contributed by atoms with Crippen molar-refractivity contribution < 1.29 is 4.79 Å². The third-order valence-corrected chi connectivity index (χ3v) is 6.94. The monoisotopic (exact) mass is 370 g/mol. The van der Waals surface area contributed by atoms with Crippen molar-refractivity contribution >= 4 is 11.6 Å². The van der Waals surface area contributed by atoms with Crippen molar-refractivity contribution in [3.63, 3.8) is 0 Å². The molecule has 1 spiro atoms. The third-order valence-electron chi connectivity index (χ3n) is 6.94. The first-order valence-corrected chi connectivity index (χ1v) is 10.7. The fraction of sp³-hybridized carbons (Fsp3) is 0.682. The Morgan fingerprint density at radius 3 is 2.37 bits per heavy atom. The number of carbonyl (C=O) groups is 1. The highest BCUT2D eigenvalue weighted by Crippen LogP contribution is 2.39. The number of rotatable bonds is 3. The van der Waals surface area contributed by atoms with Gasteiger partial charge in [-0.1, -0.05) is 12.1 Å². The second-order valence-electron chi connectivity index (χ2n) is 8.73. The molecular weight excluding hydrogens is 336 g/mol. The van der Waals surface area contributed by atoms with Gasteiger partial charge in [0, 0.05) is 45.0 Å². The molecular formula is C22H34N4O. The molecule has 1 aromatic carbocycles. The quantitative estimate of drug-likeness (QED) is 0.885. The van der Waals surface area contributed by atoms with Crippen LogP contribution in [0.2, 0.25) is 0 Å². The maximum absolute atomic E-state index is 12.8. The molecule has 0 unspecified atom stereocenters. The van der Waals surface area contributed by atoms with E-state index in [1.807, 2.05) is 0 Å². The molecule has 0 aromatic heterocycles. The smallest absolute Gasteiger partial charge is 0.236 e. The lowest BCUT2D eigenvalue weighted by atomic mass is 9.71. The van der Waals surface area contributed by atoms with Gasteiger partial charge in [0.25, 0.3) is 0 Å². The van der Waals surface area contributed by atoms with Gasteiger partial charge in [-0.15, -0.1) is 0 Å². The van der Waals surface area contributed by atoms with Gasteiger partial charge in [0.15, 0.2) is 0 Å². The molecule has 1 amide bonds. The number of amides is 1. The van der Waals surface area contributed by atoms with Gasteiger partial charge >= 0.3 is 0 Å². The molecule has 3 saturated heterocycles. The largest absolute Gasteiger partial charge is 0.369 e. The second-order valence-corrected chi connectivity index (χ2v) is 8.73. The highest BCUT2D eigenvalue weighted by molar-refractivity contribution is 5.78. The van der Waals surface area contributed by atoms with Crippen molar-refractivity contribution in [1.82, 2.24) is 15.1 Å². The van der Waals surface area contributed by atoms with Crippen LogP contribution in [0.15, 0.2) is 24.3 Å². The number of aryl methyl sites for hydroxylation is 1. The van der Waals surface area contributed by atoms with Gasteiger partial charge in [-0.05, 0) is 68.8 Å². The lowest BCUT2D eigenvalue weighted by Crippen LogP contribution is -2.52. The molecule has 3 aliphatic rings. The average Bonchev–Trinajstić information content (AvgIpc) is 2.70. The van der Waals surface area contributed by atoms with Crippen LogP contribution in [-0.2, 0) is 4.79 Å². The van der Waals surface area contributed by atoms with E-state index >= 15 is 0 Å². The van der Waals surface area contributed by atoms with E-state index in [2.05, 4.69) is 51.2 Å². The number of likely N-dealkylation sites (tertiary alicyclic amines) is 1. The Morgan fingerprint density at radius 2 is 1.70 bits per heavy atom. The van der Waals surface area contributed by atoms with E-state index in [0.29, 0.717) is 17.9 Å². The maximum Gasteiger partial charge on any atom is 0.236 e. The van der Waals surface area contributed by atoms with Crippen LogP contribution >= 0.6 is 0 Å². The molecule has 0 aliphatic carbocycles. The summed E-state index contributed by atoms with van der Waals surface area (Å²) >= 11 is 0.